The molecule has 3 N–H and O–H groups in total. The molecule has 154 valence electrons. The molecule has 9 heteroatoms. The van der Waals surface area contributed by atoms with Crippen LogP contribution in [0.3, 0.4) is 0 Å². The number of benzene rings is 2. The number of carbonyl (C=O) groups is 2. The van der Waals surface area contributed by atoms with Crippen molar-refractivity contribution in [2.45, 2.75) is 25.0 Å². The zero-order valence-corrected chi connectivity index (χ0v) is 15.2. The molecule has 1 aliphatic heterocycles. The summed E-state index contributed by atoms with van der Waals surface area (Å²) < 4.78 is 40.5. The number of aliphatic hydroxyl groups excluding tert-OH is 2. The van der Waals surface area contributed by atoms with E-state index in [0.717, 1.165) is 36.4 Å². The second-order valence-electron chi connectivity index (χ2n) is 6.78. The molecule has 2 aromatic carbocycles. The van der Waals surface area contributed by atoms with Gasteiger partial charge >= 0.3 is 0 Å². The lowest BCUT2D eigenvalue weighted by Crippen LogP contribution is -2.42. The minimum atomic E-state index is -1.82. The second-order valence-corrected chi connectivity index (χ2v) is 6.78. The van der Waals surface area contributed by atoms with Crippen LogP contribution in [0.2, 0.25) is 0 Å². The highest BCUT2D eigenvalue weighted by molar-refractivity contribution is 6.04. The topological polar surface area (TPSA) is 89.9 Å². The van der Waals surface area contributed by atoms with E-state index >= 15 is 0 Å². The second kappa shape index (κ2) is 8.62. The first-order valence-corrected chi connectivity index (χ1v) is 8.97. The van der Waals surface area contributed by atoms with E-state index in [2.05, 4.69) is 5.32 Å². The van der Waals surface area contributed by atoms with Gasteiger partial charge in [-0.25, -0.2) is 13.2 Å². The molecule has 6 nitrogen and oxygen atoms in total. The average molecular weight is 408 g/mol. The summed E-state index contributed by atoms with van der Waals surface area (Å²) in [5, 5.41) is 22.2. The lowest BCUT2D eigenvalue weighted by Gasteiger charge is -2.31. The van der Waals surface area contributed by atoms with E-state index in [1.165, 1.54) is 4.90 Å². The zero-order valence-electron chi connectivity index (χ0n) is 15.2. The van der Waals surface area contributed by atoms with Crippen LogP contribution >= 0.6 is 0 Å². The van der Waals surface area contributed by atoms with Gasteiger partial charge in [0.15, 0.2) is 17.7 Å². The van der Waals surface area contributed by atoms with Crippen molar-refractivity contribution < 1.29 is 33.0 Å². The SMILES string of the molecule is O=C(Nc1ccc(F)c(F)c1)c1ccc(F)c(C(O)C(=O)N2CCC(O)CC2)c1. The van der Waals surface area contributed by atoms with Crippen LogP contribution in [-0.2, 0) is 4.79 Å². The van der Waals surface area contributed by atoms with Gasteiger partial charge in [0.1, 0.15) is 5.82 Å². The first-order chi connectivity index (χ1) is 13.8. The standard InChI is InChI=1S/C20H19F3N2O4/c21-15-3-1-11(19(28)24-12-2-4-16(22)17(23)10-12)9-14(15)18(27)20(29)25-7-5-13(26)6-8-25/h1-4,9-10,13,18,26-27H,5-8H2,(H,24,28). The van der Waals surface area contributed by atoms with Crippen molar-refractivity contribution in [2.75, 3.05) is 18.4 Å². The highest BCUT2D eigenvalue weighted by Crippen LogP contribution is 2.23. The lowest BCUT2D eigenvalue weighted by atomic mass is 10.0. The summed E-state index contributed by atoms with van der Waals surface area (Å²) >= 11 is 0. The molecule has 1 aliphatic rings. The number of hydrogen-bond acceptors (Lipinski definition) is 4. The summed E-state index contributed by atoms with van der Waals surface area (Å²) in [4.78, 5) is 26.1. The Morgan fingerprint density at radius 2 is 1.66 bits per heavy atom. The first-order valence-electron chi connectivity index (χ1n) is 8.97. The predicted molar refractivity (Wildman–Crippen MR) is 97.5 cm³/mol. The van der Waals surface area contributed by atoms with Crippen molar-refractivity contribution in [3.63, 3.8) is 0 Å². The van der Waals surface area contributed by atoms with Gasteiger partial charge in [-0.3, -0.25) is 9.59 Å². The number of likely N-dealkylation sites (tertiary alicyclic amines) is 1. The molecule has 29 heavy (non-hydrogen) atoms. The molecule has 1 saturated heterocycles. The Kier molecular flexibility index (Phi) is 6.19. The van der Waals surface area contributed by atoms with E-state index in [4.69, 9.17) is 0 Å². The van der Waals surface area contributed by atoms with Crippen LogP contribution in [0, 0.1) is 17.5 Å². The summed E-state index contributed by atoms with van der Waals surface area (Å²) in [6.07, 6.45) is -1.62. The Hall–Kier alpha value is -2.91. The van der Waals surface area contributed by atoms with Crippen molar-refractivity contribution in [2.24, 2.45) is 0 Å². The molecule has 0 spiro atoms. The third-order valence-corrected chi connectivity index (χ3v) is 4.74. The van der Waals surface area contributed by atoms with Gasteiger partial charge in [-0.2, -0.15) is 0 Å². The molecule has 1 fully saturated rings. The monoisotopic (exact) mass is 408 g/mol. The van der Waals surface area contributed by atoms with Crippen LogP contribution in [0.1, 0.15) is 34.9 Å². The Morgan fingerprint density at radius 1 is 1.00 bits per heavy atom. The summed E-state index contributed by atoms with van der Waals surface area (Å²) in [7, 11) is 0. The average Bonchev–Trinajstić information content (AvgIpc) is 2.70. The van der Waals surface area contributed by atoms with Crippen LogP contribution in [0.25, 0.3) is 0 Å². The van der Waals surface area contributed by atoms with E-state index in [1.807, 2.05) is 0 Å². The molecule has 1 heterocycles. The quantitative estimate of drug-likeness (QED) is 0.725. The summed E-state index contributed by atoms with van der Waals surface area (Å²) in [6.45, 7) is 0.462. The molecule has 2 amide bonds. The fourth-order valence-electron chi connectivity index (χ4n) is 3.06. The smallest absolute Gasteiger partial charge is 0.256 e. The number of carbonyl (C=O) groups excluding carboxylic acids is 2. The number of hydrogen-bond donors (Lipinski definition) is 3. The Balaban J connectivity index is 1.77. The number of aliphatic hydroxyl groups is 2. The molecule has 0 aliphatic carbocycles. The van der Waals surface area contributed by atoms with Crippen LogP contribution in [-0.4, -0.2) is 46.1 Å². The Bertz CT molecular complexity index is 930. The van der Waals surface area contributed by atoms with Crippen molar-refractivity contribution >= 4 is 17.5 Å². The maximum absolute atomic E-state index is 14.2. The Labute approximate surface area is 164 Å². The minimum Gasteiger partial charge on any atom is -0.393 e. The third-order valence-electron chi connectivity index (χ3n) is 4.74. The maximum atomic E-state index is 14.2. The molecule has 0 aromatic heterocycles. The number of anilines is 1. The molecule has 2 aromatic rings. The third kappa shape index (κ3) is 4.75. The van der Waals surface area contributed by atoms with Gasteiger partial charge in [-0.15, -0.1) is 0 Å². The van der Waals surface area contributed by atoms with E-state index in [9.17, 15) is 33.0 Å². The number of piperidine rings is 1. The zero-order chi connectivity index (χ0) is 21.1. The van der Waals surface area contributed by atoms with Gasteiger partial charge in [-0.05, 0) is 43.2 Å². The fraction of sp³-hybridized carbons (Fsp3) is 0.300. The van der Waals surface area contributed by atoms with E-state index in [-0.39, 0.29) is 29.9 Å². The van der Waals surface area contributed by atoms with Gasteiger partial charge in [0.2, 0.25) is 0 Å². The largest absolute Gasteiger partial charge is 0.393 e. The minimum absolute atomic E-state index is 0.0109. The van der Waals surface area contributed by atoms with Crippen molar-refractivity contribution in [1.29, 1.82) is 0 Å². The van der Waals surface area contributed by atoms with Gasteiger partial charge in [0, 0.05) is 36.0 Å². The lowest BCUT2D eigenvalue weighted by molar-refractivity contribution is -0.142. The van der Waals surface area contributed by atoms with Gasteiger partial charge in [0.25, 0.3) is 11.8 Å². The normalized spacial score (nSPS) is 15.8. The molecule has 3 rings (SSSR count). The van der Waals surface area contributed by atoms with E-state index in [0.29, 0.717) is 12.8 Å². The molecule has 0 radical (unpaired) electrons. The molecular formula is C20H19F3N2O4. The molecular weight excluding hydrogens is 389 g/mol. The fourth-order valence-corrected chi connectivity index (χ4v) is 3.06. The number of nitrogens with zero attached hydrogens (tertiary/aromatic N) is 1. The number of amides is 2. The number of halogens is 3. The van der Waals surface area contributed by atoms with Crippen LogP contribution < -0.4 is 5.32 Å². The summed E-state index contributed by atoms with van der Waals surface area (Å²) in [5.74, 6) is -4.56. The Morgan fingerprint density at radius 3 is 2.31 bits per heavy atom. The molecule has 0 bridgehead atoms. The number of rotatable bonds is 4. The van der Waals surface area contributed by atoms with Crippen molar-refractivity contribution in [3.8, 4) is 0 Å². The first kappa shape index (κ1) is 20.8. The van der Waals surface area contributed by atoms with Crippen LogP contribution in [0.5, 0.6) is 0 Å². The molecule has 1 atom stereocenters. The highest BCUT2D eigenvalue weighted by Gasteiger charge is 2.29. The van der Waals surface area contributed by atoms with Gasteiger partial charge in [-0.1, -0.05) is 0 Å². The predicted octanol–water partition coefficient (Wildman–Crippen LogP) is 2.37. The maximum Gasteiger partial charge on any atom is 0.256 e. The summed E-state index contributed by atoms with van der Waals surface area (Å²) in [5.41, 5.74) is -0.464. The van der Waals surface area contributed by atoms with Crippen molar-refractivity contribution in [1.82, 2.24) is 4.90 Å². The van der Waals surface area contributed by atoms with E-state index in [1.54, 1.807) is 0 Å². The molecule has 0 saturated carbocycles. The van der Waals surface area contributed by atoms with Gasteiger partial charge < -0.3 is 20.4 Å². The molecule has 1 unspecified atom stereocenters. The van der Waals surface area contributed by atoms with Crippen molar-refractivity contribution in [3.05, 3.63) is 65.0 Å². The van der Waals surface area contributed by atoms with E-state index < -0.39 is 41.5 Å². The highest BCUT2D eigenvalue weighted by atomic mass is 19.2. The van der Waals surface area contributed by atoms with Crippen LogP contribution in [0.15, 0.2) is 36.4 Å². The van der Waals surface area contributed by atoms with Crippen LogP contribution in [0.4, 0.5) is 18.9 Å². The number of nitrogens with one attached hydrogen (secondary N) is 1. The summed E-state index contributed by atoms with van der Waals surface area (Å²) in [6, 6.07) is 5.91. The van der Waals surface area contributed by atoms with Gasteiger partial charge in [0.05, 0.1) is 6.10 Å².